The number of H-pyrrole nitrogens is 1. The first-order chi connectivity index (χ1) is 15.3. The van der Waals surface area contributed by atoms with Crippen LogP contribution in [0.15, 0.2) is 34.1 Å². The average Bonchev–Trinajstić information content (AvgIpc) is 2.78. The van der Waals surface area contributed by atoms with Gasteiger partial charge in [-0.3, -0.25) is 4.79 Å². The van der Waals surface area contributed by atoms with Crippen molar-refractivity contribution in [1.82, 2.24) is 14.9 Å². The first kappa shape index (κ1) is 21.7. The highest BCUT2D eigenvalue weighted by atomic mass is 16.5. The van der Waals surface area contributed by atoms with Gasteiger partial charge in [-0.25, -0.2) is 4.99 Å². The molecule has 2 heterocycles. The maximum Gasteiger partial charge on any atom is 0.282 e. The van der Waals surface area contributed by atoms with E-state index < -0.39 is 0 Å². The van der Waals surface area contributed by atoms with Crippen LogP contribution in [0.25, 0.3) is 10.9 Å². The SMILES string of the molecule is COc1cc2[nH]c(N3CCc4c(cccc4/N=C(\C)N(C)C)C3)nc(=O)c2c(C)c1OC. The van der Waals surface area contributed by atoms with Crippen LogP contribution in [0.2, 0.25) is 0 Å². The van der Waals surface area contributed by atoms with Gasteiger partial charge >= 0.3 is 0 Å². The number of anilines is 1. The topological polar surface area (TPSA) is 83.0 Å². The molecule has 4 rings (SSSR count). The van der Waals surface area contributed by atoms with E-state index in [1.807, 2.05) is 38.9 Å². The molecule has 0 atom stereocenters. The third-order valence-corrected chi connectivity index (χ3v) is 6.05. The van der Waals surface area contributed by atoms with E-state index in [1.165, 1.54) is 11.1 Å². The lowest BCUT2D eigenvalue weighted by Crippen LogP contribution is -2.33. The van der Waals surface area contributed by atoms with Crippen LogP contribution in [0.4, 0.5) is 11.6 Å². The van der Waals surface area contributed by atoms with Gasteiger partial charge in [0.05, 0.1) is 30.8 Å². The molecule has 2 aromatic carbocycles. The molecule has 0 fully saturated rings. The number of aliphatic imine (C=N–C) groups is 1. The number of aromatic nitrogens is 2. The number of rotatable bonds is 4. The van der Waals surface area contributed by atoms with E-state index in [0.29, 0.717) is 40.5 Å². The molecular weight excluding hydrogens is 406 g/mol. The van der Waals surface area contributed by atoms with Crippen LogP contribution in [-0.4, -0.2) is 55.6 Å². The minimum Gasteiger partial charge on any atom is -0.493 e. The lowest BCUT2D eigenvalue weighted by Gasteiger charge is -2.30. The molecule has 1 N–H and O–H groups in total. The van der Waals surface area contributed by atoms with Crippen LogP contribution in [0.5, 0.6) is 11.5 Å². The van der Waals surface area contributed by atoms with Gasteiger partial charge in [-0.05, 0) is 37.5 Å². The van der Waals surface area contributed by atoms with Crippen LogP contribution in [0, 0.1) is 6.92 Å². The molecule has 1 aromatic heterocycles. The van der Waals surface area contributed by atoms with Gasteiger partial charge in [0.1, 0.15) is 5.84 Å². The van der Waals surface area contributed by atoms with E-state index in [1.54, 1.807) is 20.3 Å². The summed E-state index contributed by atoms with van der Waals surface area (Å²) >= 11 is 0. The second-order valence-corrected chi connectivity index (χ2v) is 8.17. The largest absolute Gasteiger partial charge is 0.493 e. The Bertz CT molecular complexity index is 1260. The minimum absolute atomic E-state index is 0.280. The van der Waals surface area contributed by atoms with E-state index in [4.69, 9.17) is 14.5 Å². The Labute approximate surface area is 187 Å². The van der Waals surface area contributed by atoms with Crippen molar-refractivity contribution in [2.45, 2.75) is 26.8 Å². The molecule has 8 nitrogen and oxygen atoms in total. The number of aryl methyl sites for hydroxylation is 1. The summed E-state index contributed by atoms with van der Waals surface area (Å²) in [5.74, 6) is 2.64. The lowest BCUT2D eigenvalue weighted by atomic mass is 9.98. The van der Waals surface area contributed by atoms with Crippen molar-refractivity contribution < 1.29 is 9.47 Å². The molecule has 0 saturated carbocycles. The third kappa shape index (κ3) is 3.77. The summed E-state index contributed by atoms with van der Waals surface area (Å²) in [6, 6.07) is 7.99. The average molecular weight is 436 g/mol. The predicted molar refractivity (Wildman–Crippen MR) is 128 cm³/mol. The fourth-order valence-electron chi connectivity index (χ4n) is 4.15. The molecule has 0 aliphatic carbocycles. The zero-order valence-corrected chi connectivity index (χ0v) is 19.4. The van der Waals surface area contributed by atoms with Gasteiger partial charge in [0.25, 0.3) is 5.56 Å². The highest BCUT2D eigenvalue weighted by Gasteiger charge is 2.22. The molecular formula is C24H29N5O3. The van der Waals surface area contributed by atoms with Gasteiger partial charge in [-0.15, -0.1) is 0 Å². The standard InChI is InChI=1S/C24H29N5O3/c1-14-21-19(12-20(31-5)22(14)32-6)26-24(27-23(21)30)29-11-10-17-16(13-29)8-7-9-18(17)25-15(2)28(3)4/h7-9,12H,10-11,13H2,1-6H3,(H,26,27,30)/b25-15+. The molecule has 32 heavy (non-hydrogen) atoms. The monoisotopic (exact) mass is 435 g/mol. The second-order valence-electron chi connectivity index (χ2n) is 8.17. The van der Waals surface area contributed by atoms with Crippen molar-refractivity contribution in [1.29, 1.82) is 0 Å². The highest BCUT2D eigenvalue weighted by Crippen LogP contribution is 2.36. The summed E-state index contributed by atoms with van der Waals surface area (Å²) in [7, 11) is 7.13. The van der Waals surface area contributed by atoms with Crippen LogP contribution >= 0.6 is 0 Å². The summed E-state index contributed by atoms with van der Waals surface area (Å²) < 4.78 is 10.9. The Morgan fingerprint density at radius 2 is 2.03 bits per heavy atom. The fourth-order valence-corrected chi connectivity index (χ4v) is 4.15. The summed E-state index contributed by atoms with van der Waals surface area (Å²) in [5.41, 5.74) is 4.55. The second kappa shape index (κ2) is 8.53. The molecule has 1 aliphatic rings. The summed E-state index contributed by atoms with van der Waals surface area (Å²) in [4.78, 5) is 29.5. The van der Waals surface area contributed by atoms with Crippen molar-refractivity contribution in [2.75, 3.05) is 39.8 Å². The molecule has 0 bridgehead atoms. The van der Waals surface area contributed by atoms with Crippen molar-refractivity contribution in [3.8, 4) is 11.5 Å². The number of nitrogens with one attached hydrogen (secondary N) is 1. The van der Waals surface area contributed by atoms with E-state index in [0.717, 1.165) is 24.5 Å². The van der Waals surface area contributed by atoms with E-state index in [9.17, 15) is 4.79 Å². The zero-order valence-electron chi connectivity index (χ0n) is 19.4. The molecule has 0 amide bonds. The van der Waals surface area contributed by atoms with Crippen LogP contribution in [0.3, 0.4) is 0 Å². The van der Waals surface area contributed by atoms with Gasteiger partial charge < -0.3 is 24.3 Å². The highest BCUT2D eigenvalue weighted by molar-refractivity contribution is 5.87. The first-order valence-corrected chi connectivity index (χ1v) is 10.6. The number of nitrogens with zero attached hydrogens (tertiary/aromatic N) is 4. The first-order valence-electron chi connectivity index (χ1n) is 10.6. The number of amidine groups is 1. The smallest absolute Gasteiger partial charge is 0.282 e. The van der Waals surface area contributed by atoms with Crippen molar-refractivity contribution >= 4 is 28.4 Å². The van der Waals surface area contributed by atoms with Gasteiger partial charge in [0.15, 0.2) is 11.5 Å². The number of benzene rings is 2. The van der Waals surface area contributed by atoms with Crippen molar-refractivity contribution in [2.24, 2.45) is 4.99 Å². The van der Waals surface area contributed by atoms with Crippen LogP contribution < -0.4 is 19.9 Å². The van der Waals surface area contributed by atoms with E-state index in [-0.39, 0.29) is 5.56 Å². The van der Waals surface area contributed by atoms with Crippen molar-refractivity contribution in [3.63, 3.8) is 0 Å². The molecule has 0 spiro atoms. The summed E-state index contributed by atoms with van der Waals surface area (Å²) in [5, 5.41) is 0.514. The Morgan fingerprint density at radius 1 is 1.25 bits per heavy atom. The van der Waals surface area contributed by atoms with Gasteiger partial charge in [0.2, 0.25) is 5.95 Å². The molecule has 0 radical (unpaired) electrons. The van der Waals surface area contributed by atoms with E-state index in [2.05, 4.69) is 27.0 Å². The van der Waals surface area contributed by atoms with Gasteiger partial charge in [0, 0.05) is 38.8 Å². The zero-order chi connectivity index (χ0) is 23.0. The summed E-state index contributed by atoms with van der Waals surface area (Å²) in [6.45, 7) is 5.24. The number of aromatic amines is 1. The molecule has 3 aromatic rings. The van der Waals surface area contributed by atoms with Crippen LogP contribution in [0.1, 0.15) is 23.6 Å². The van der Waals surface area contributed by atoms with E-state index >= 15 is 0 Å². The number of hydrogen-bond acceptors (Lipinski definition) is 6. The Morgan fingerprint density at radius 3 is 2.72 bits per heavy atom. The Kier molecular flexibility index (Phi) is 5.78. The maximum atomic E-state index is 12.9. The maximum absolute atomic E-state index is 12.9. The number of hydrogen-bond donors (Lipinski definition) is 1. The van der Waals surface area contributed by atoms with Gasteiger partial charge in [-0.1, -0.05) is 12.1 Å². The molecule has 0 saturated heterocycles. The van der Waals surface area contributed by atoms with Crippen molar-refractivity contribution in [3.05, 3.63) is 51.3 Å². The third-order valence-electron chi connectivity index (χ3n) is 6.05. The van der Waals surface area contributed by atoms with Crippen LogP contribution in [-0.2, 0) is 13.0 Å². The number of methoxy groups -OCH3 is 2. The number of fused-ring (bicyclic) bond motifs is 2. The molecule has 0 unspecified atom stereocenters. The Hall–Kier alpha value is -3.55. The Balaban J connectivity index is 1.73. The fraction of sp³-hybridized carbons (Fsp3) is 0.375. The molecule has 168 valence electrons. The van der Waals surface area contributed by atoms with Gasteiger partial charge in [-0.2, -0.15) is 4.98 Å². The summed E-state index contributed by atoms with van der Waals surface area (Å²) in [6.07, 6.45) is 0.822. The number of ether oxygens (including phenoxy) is 2. The lowest BCUT2D eigenvalue weighted by molar-refractivity contribution is 0.354. The minimum atomic E-state index is -0.280. The predicted octanol–water partition coefficient (Wildman–Crippen LogP) is 3.42. The quantitative estimate of drug-likeness (QED) is 0.499. The molecule has 1 aliphatic heterocycles. The molecule has 8 heteroatoms. The normalized spacial score (nSPS) is 13.8.